The molecule has 1 atom stereocenters. The van der Waals surface area contributed by atoms with E-state index in [2.05, 4.69) is 31.5 Å². The number of amides is 1. The lowest BCUT2D eigenvalue weighted by molar-refractivity contribution is -0.140. The van der Waals surface area contributed by atoms with Crippen LogP contribution >= 0.6 is 0 Å². The molecule has 48 heavy (non-hydrogen) atoms. The highest BCUT2D eigenvalue weighted by Gasteiger charge is 2.33. The SMILES string of the molecule is COCCOc1ccc(C#Cc2ccc(N3CCN(S(=O)(=O)N[C@@H](C(=O)O)C(C)C)CC3)cc2)cc1C(=O)NCCCCNS(C)(=O)=O. The predicted octanol–water partition coefficient (Wildman–Crippen LogP) is 1.24. The van der Waals surface area contributed by atoms with Gasteiger partial charge in [0.15, 0.2) is 0 Å². The van der Waals surface area contributed by atoms with Gasteiger partial charge in [-0.05, 0) is 61.2 Å². The van der Waals surface area contributed by atoms with Crippen LogP contribution in [0.4, 0.5) is 5.69 Å². The Hall–Kier alpha value is -3.72. The average molecular weight is 708 g/mol. The summed E-state index contributed by atoms with van der Waals surface area (Å²) in [5.74, 6) is 4.64. The van der Waals surface area contributed by atoms with E-state index in [1.54, 1.807) is 39.2 Å². The normalized spacial score (nSPS) is 14.6. The largest absolute Gasteiger partial charge is 0.490 e. The standard InChI is InChI=1S/C32H45N5O9S2/c1-24(2)30(32(39)40)35-48(43,44)37-19-17-36(18-20-37)27-12-9-25(10-13-27)7-8-26-11-14-29(46-22-21-45-3)28(23-26)31(38)33-15-5-6-16-34-47(4,41)42/h9-14,23-24,30,34-35H,5-6,15-22H2,1-4H3,(H,33,38)(H,39,40)/t30-/m1/s1. The monoisotopic (exact) mass is 707 g/mol. The van der Waals surface area contributed by atoms with Crippen LogP contribution in [0.1, 0.15) is 48.2 Å². The molecule has 1 fully saturated rings. The van der Waals surface area contributed by atoms with Crippen molar-refractivity contribution in [3.05, 3.63) is 59.2 Å². The molecule has 1 amide bonds. The highest BCUT2D eigenvalue weighted by molar-refractivity contribution is 7.88. The third kappa shape index (κ3) is 12.4. The maximum absolute atomic E-state index is 13.0. The Morgan fingerprint density at radius 3 is 2.15 bits per heavy atom. The second-order valence-corrected chi connectivity index (χ2v) is 15.1. The number of nitrogens with one attached hydrogen (secondary N) is 3. The lowest BCUT2D eigenvalue weighted by Gasteiger charge is -2.36. The number of unbranched alkanes of at least 4 members (excludes halogenated alkanes) is 1. The fourth-order valence-corrected chi connectivity index (χ4v) is 6.75. The fraction of sp³-hybridized carbons (Fsp3) is 0.500. The minimum absolute atomic E-state index is 0.211. The summed E-state index contributed by atoms with van der Waals surface area (Å²) in [5, 5.41) is 12.2. The molecule has 2 aromatic rings. The Morgan fingerprint density at radius 1 is 0.917 bits per heavy atom. The zero-order valence-electron chi connectivity index (χ0n) is 27.7. The number of sulfonamides is 1. The van der Waals surface area contributed by atoms with Crippen molar-refractivity contribution in [2.75, 3.05) is 70.7 Å². The van der Waals surface area contributed by atoms with Crippen LogP contribution in [0.2, 0.25) is 0 Å². The Balaban J connectivity index is 1.62. The second kappa shape index (κ2) is 18.2. The summed E-state index contributed by atoms with van der Waals surface area (Å²) in [5.41, 5.74) is 2.57. The van der Waals surface area contributed by atoms with Crippen molar-refractivity contribution in [3.63, 3.8) is 0 Å². The first-order chi connectivity index (χ1) is 22.7. The van der Waals surface area contributed by atoms with E-state index in [1.807, 2.05) is 24.3 Å². The zero-order valence-corrected chi connectivity index (χ0v) is 29.3. The van der Waals surface area contributed by atoms with Gasteiger partial charge in [0.05, 0.1) is 18.4 Å². The summed E-state index contributed by atoms with van der Waals surface area (Å²) < 4.78 is 64.8. The molecule has 2 aromatic carbocycles. The third-order valence-corrected chi connectivity index (χ3v) is 9.72. The molecule has 1 aliphatic rings. The van der Waals surface area contributed by atoms with Gasteiger partial charge in [-0.1, -0.05) is 25.7 Å². The highest BCUT2D eigenvalue weighted by atomic mass is 32.2. The van der Waals surface area contributed by atoms with Gasteiger partial charge in [-0.3, -0.25) is 9.59 Å². The van der Waals surface area contributed by atoms with Crippen LogP contribution in [0, 0.1) is 17.8 Å². The van der Waals surface area contributed by atoms with Crippen molar-refractivity contribution in [2.45, 2.75) is 32.7 Å². The van der Waals surface area contributed by atoms with Crippen LogP contribution in [0.15, 0.2) is 42.5 Å². The molecule has 16 heteroatoms. The van der Waals surface area contributed by atoms with Gasteiger partial charge in [0.2, 0.25) is 10.0 Å². The molecule has 1 heterocycles. The van der Waals surface area contributed by atoms with Crippen LogP contribution in [0.25, 0.3) is 0 Å². The molecule has 4 N–H and O–H groups in total. The number of carbonyl (C=O) groups excluding carboxylic acids is 1. The van der Waals surface area contributed by atoms with Crippen molar-refractivity contribution in [1.82, 2.24) is 19.1 Å². The number of ether oxygens (including phenoxy) is 2. The Morgan fingerprint density at radius 2 is 1.54 bits per heavy atom. The van der Waals surface area contributed by atoms with E-state index in [4.69, 9.17) is 9.47 Å². The minimum atomic E-state index is -3.95. The molecule has 0 spiro atoms. The van der Waals surface area contributed by atoms with Gasteiger partial charge in [0.25, 0.3) is 16.1 Å². The molecular weight excluding hydrogens is 663 g/mol. The number of carboxylic acid groups (broad SMARTS) is 1. The topological polar surface area (TPSA) is 184 Å². The van der Waals surface area contributed by atoms with Gasteiger partial charge in [-0.15, -0.1) is 0 Å². The van der Waals surface area contributed by atoms with Crippen molar-refractivity contribution in [2.24, 2.45) is 5.92 Å². The molecule has 0 saturated carbocycles. The van der Waals surface area contributed by atoms with Gasteiger partial charge >= 0.3 is 5.97 Å². The van der Waals surface area contributed by atoms with Gasteiger partial charge in [0, 0.05) is 63.2 Å². The predicted molar refractivity (Wildman–Crippen MR) is 183 cm³/mol. The van der Waals surface area contributed by atoms with Crippen molar-refractivity contribution < 1.29 is 41.0 Å². The summed E-state index contributed by atoms with van der Waals surface area (Å²) in [7, 11) is -5.65. The van der Waals surface area contributed by atoms with E-state index in [0.717, 1.165) is 17.5 Å². The molecule has 0 aliphatic carbocycles. The lowest BCUT2D eigenvalue weighted by Crippen LogP contribution is -2.55. The number of piperazine rings is 1. The molecule has 0 aromatic heterocycles. The first kappa shape index (κ1) is 38.7. The van der Waals surface area contributed by atoms with Crippen LogP contribution < -0.4 is 24.4 Å². The van der Waals surface area contributed by atoms with E-state index in [1.165, 1.54) is 4.31 Å². The Labute approximate surface area is 283 Å². The molecule has 264 valence electrons. The number of nitrogens with zero attached hydrogens (tertiary/aromatic N) is 2. The number of carboxylic acids is 1. The number of hydrogen-bond acceptors (Lipinski definition) is 9. The van der Waals surface area contributed by atoms with E-state index in [9.17, 15) is 31.5 Å². The van der Waals surface area contributed by atoms with Crippen molar-refractivity contribution >= 4 is 37.8 Å². The average Bonchev–Trinajstić information content (AvgIpc) is 3.04. The molecule has 0 radical (unpaired) electrons. The number of aliphatic carboxylic acids is 1. The molecule has 14 nitrogen and oxygen atoms in total. The quantitative estimate of drug-likeness (QED) is 0.138. The molecule has 0 bridgehead atoms. The smallest absolute Gasteiger partial charge is 0.322 e. The van der Waals surface area contributed by atoms with Crippen LogP contribution in [0.3, 0.4) is 0 Å². The van der Waals surface area contributed by atoms with Crippen LogP contribution in [-0.2, 0) is 29.8 Å². The number of rotatable bonds is 17. The Kier molecular flexibility index (Phi) is 14.6. The molecular formula is C32H45N5O9S2. The first-order valence-electron chi connectivity index (χ1n) is 15.6. The van der Waals surface area contributed by atoms with E-state index < -0.39 is 38.2 Å². The summed E-state index contributed by atoms with van der Waals surface area (Å²) in [6, 6.07) is 11.4. The summed E-state index contributed by atoms with van der Waals surface area (Å²) >= 11 is 0. The zero-order chi connectivity index (χ0) is 35.3. The van der Waals surface area contributed by atoms with E-state index in [0.29, 0.717) is 62.5 Å². The maximum atomic E-state index is 13.0. The van der Waals surface area contributed by atoms with E-state index in [-0.39, 0.29) is 25.6 Å². The summed E-state index contributed by atoms with van der Waals surface area (Å²) in [6.07, 6.45) is 2.25. The number of anilines is 1. The number of hydrogen-bond donors (Lipinski definition) is 4. The second-order valence-electron chi connectivity index (χ2n) is 11.5. The third-order valence-electron chi connectivity index (χ3n) is 7.39. The number of carbonyl (C=O) groups is 2. The van der Waals surface area contributed by atoms with Gasteiger partial charge in [-0.2, -0.15) is 17.4 Å². The number of methoxy groups -OCH3 is 1. The van der Waals surface area contributed by atoms with Crippen molar-refractivity contribution in [3.8, 4) is 17.6 Å². The summed E-state index contributed by atoms with van der Waals surface area (Å²) in [4.78, 5) is 26.6. The fourth-order valence-electron chi connectivity index (χ4n) is 4.74. The Bertz CT molecular complexity index is 1660. The summed E-state index contributed by atoms with van der Waals surface area (Å²) in [6.45, 7) is 5.85. The van der Waals surface area contributed by atoms with Crippen molar-refractivity contribution in [1.29, 1.82) is 0 Å². The van der Waals surface area contributed by atoms with E-state index >= 15 is 0 Å². The molecule has 1 saturated heterocycles. The molecule has 3 rings (SSSR count). The first-order valence-corrected chi connectivity index (χ1v) is 18.9. The minimum Gasteiger partial charge on any atom is -0.490 e. The van der Waals surface area contributed by atoms with Gasteiger partial charge < -0.3 is 24.8 Å². The van der Waals surface area contributed by atoms with Crippen LogP contribution in [-0.4, -0.2) is 110 Å². The maximum Gasteiger partial charge on any atom is 0.322 e. The van der Waals surface area contributed by atoms with Gasteiger partial charge in [0.1, 0.15) is 18.4 Å². The van der Waals surface area contributed by atoms with Crippen LogP contribution in [0.5, 0.6) is 5.75 Å². The number of benzene rings is 2. The van der Waals surface area contributed by atoms with Gasteiger partial charge in [-0.25, -0.2) is 13.1 Å². The molecule has 1 aliphatic heterocycles. The lowest BCUT2D eigenvalue weighted by atomic mass is 10.1. The highest BCUT2D eigenvalue weighted by Crippen LogP contribution is 2.21. The molecule has 0 unspecified atom stereocenters.